The summed E-state index contributed by atoms with van der Waals surface area (Å²) in [5.41, 5.74) is 6.60. The van der Waals surface area contributed by atoms with Gasteiger partial charge in [-0.15, -0.1) is 0 Å². The van der Waals surface area contributed by atoms with Crippen molar-refractivity contribution in [2.45, 2.75) is 40.0 Å². The third kappa shape index (κ3) is 4.89. The van der Waals surface area contributed by atoms with Gasteiger partial charge in [0.05, 0.1) is 19.8 Å². The highest BCUT2D eigenvalue weighted by Crippen LogP contribution is 2.37. The van der Waals surface area contributed by atoms with Crippen molar-refractivity contribution in [2.24, 2.45) is 0 Å². The molecule has 0 bridgehead atoms. The van der Waals surface area contributed by atoms with Crippen molar-refractivity contribution in [1.29, 1.82) is 0 Å². The SMILES string of the molecule is CCCOc1cc(OCCC)c(N)c(OCCC)c1. The molecule has 0 spiro atoms. The van der Waals surface area contributed by atoms with Gasteiger partial charge < -0.3 is 19.9 Å². The Labute approximate surface area is 115 Å². The Kier molecular flexibility index (Phi) is 6.93. The molecular formula is C15H25NO3. The molecule has 0 saturated heterocycles. The van der Waals surface area contributed by atoms with Crippen LogP contribution in [0.1, 0.15) is 40.0 Å². The average Bonchev–Trinajstić information content (AvgIpc) is 2.43. The summed E-state index contributed by atoms with van der Waals surface area (Å²) in [5, 5.41) is 0. The Morgan fingerprint density at radius 2 is 1.21 bits per heavy atom. The van der Waals surface area contributed by atoms with Gasteiger partial charge in [0.1, 0.15) is 22.9 Å². The number of nitrogen functional groups attached to an aromatic ring is 1. The summed E-state index contributed by atoms with van der Waals surface area (Å²) in [6.07, 6.45) is 2.83. The van der Waals surface area contributed by atoms with Crippen molar-refractivity contribution in [2.75, 3.05) is 25.6 Å². The van der Waals surface area contributed by atoms with E-state index in [-0.39, 0.29) is 0 Å². The number of rotatable bonds is 9. The van der Waals surface area contributed by atoms with Gasteiger partial charge in [-0.25, -0.2) is 0 Å². The largest absolute Gasteiger partial charge is 0.493 e. The molecule has 4 heteroatoms. The van der Waals surface area contributed by atoms with Crippen molar-refractivity contribution in [3.63, 3.8) is 0 Å². The highest BCUT2D eigenvalue weighted by atomic mass is 16.5. The molecule has 0 aliphatic rings. The first-order chi connectivity index (χ1) is 9.22. The third-order valence-electron chi connectivity index (χ3n) is 2.47. The maximum atomic E-state index is 6.06. The Morgan fingerprint density at radius 1 is 0.789 bits per heavy atom. The van der Waals surface area contributed by atoms with Crippen LogP contribution in [0.3, 0.4) is 0 Å². The van der Waals surface area contributed by atoms with Gasteiger partial charge in [-0.2, -0.15) is 0 Å². The summed E-state index contributed by atoms with van der Waals surface area (Å²) in [7, 11) is 0. The fourth-order valence-electron chi connectivity index (χ4n) is 1.54. The molecule has 0 aliphatic carbocycles. The lowest BCUT2D eigenvalue weighted by atomic mass is 10.2. The van der Waals surface area contributed by atoms with E-state index in [2.05, 4.69) is 20.8 Å². The first kappa shape index (κ1) is 15.5. The summed E-state index contributed by atoms with van der Waals surface area (Å²) in [5.74, 6) is 2.02. The van der Waals surface area contributed by atoms with E-state index in [1.54, 1.807) is 0 Å². The van der Waals surface area contributed by atoms with E-state index in [9.17, 15) is 0 Å². The van der Waals surface area contributed by atoms with Gasteiger partial charge in [0.25, 0.3) is 0 Å². The molecule has 0 radical (unpaired) electrons. The lowest BCUT2D eigenvalue weighted by Crippen LogP contribution is -2.05. The van der Waals surface area contributed by atoms with Gasteiger partial charge in [-0.1, -0.05) is 20.8 Å². The average molecular weight is 267 g/mol. The van der Waals surface area contributed by atoms with Gasteiger partial charge in [0, 0.05) is 12.1 Å². The first-order valence-corrected chi connectivity index (χ1v) is 7.04. The van der Waals surface area contributed by atoms with Crippen molar-refractivity contribution in [3.8, 4) is 17.2 Å². The van der Waals surface area contributed by atoms with Gasteiger partial charge in [-0.3, -0.25) is 0 Å². The summed E-state index contributed by atoms with van der Waals surface area (Å²) >= 11 is 0. The van der Waals surface area contributed by atoms with E-state index in [0.29, 0.717) is 37.0 Å². The van der Waals surface area contributed by atoms with Crippen LogP contribution in [0.15, 0.2) is 12.1 Å². The molecule has 2 N–H and O–H groups in total. The summed E-state index contributed by atoms with van der Waals surface area (Å²) < 4.78 is 16.9. The smallest absolute Gasteiger partial charge is 0.149 e. The molecule has 1 rings (SSSR count). The van der Waals surface area contributed by atoms with Crippen molar-refractivity contribution in [1.82, 2.24) is 0 Å². The zero-order chi connectivity index (χ0) is 14.1. The van der Waals surface area contributed by atoms with Crippen LogP contribution in [-0.4, -0.2) is 19.8 Å². The zero-order valence-corrected chi connectivity index (χ0v) is 12.2. The predicted octanol–water partition coefficient (Wildman–Crippen LogP) is 3.64. The molecule has 0 unspecified atom stereocenters. The van der Waals surface area contributed by atoms with Crippen LogP contribution in [0, 0.1) is 0 Å². The molecule has 1 aromatic carbocycles. The second-order valence-electron chi connectivity index (χ2n) is 4.38. The molecule has 0 heterocycles. The molecule has 4 nitrogen and oxygen atoms in total. The van der Waals surface area contributed by atoms with E-state index in [1.807, 2.05) is 12.1 Å². The number of nitrogens with two attached hydrogens (primary N) is 1. The molecule has 19 heavy (non-hydrogen) atoms. The fourth-order valence-corrected chi connectivity index (χ4v) is 1.54. The lowest BCUT2D eigenvalue weighted by molar-refractivity contribution is 0.289. The van der Waals surface area contributed by atoms with Crippen LogP contribution in [0.2, 0.25) is 0 Å². The van der Waals surface area contributed by atoms with Crippen molar-refractivity contribution in [3.05, 3.63) is 12.1 Å². The Morgan fingerprint density at radius 3 is 1.63 bits per heavy atom. The number of hydrogen-bond donors (Lipinski definition) is 1. The minimum absolute atomic E-state index is 0.547. The maximum absolute atomic E-state index is 6.06. The highest BCUT2D eigenvalue weighted by Gasteiger charge is 2.11. The molecular weight excluding hydrogens is 242 g/mol. The second kappa shape index (κ2) is 8.51. The van der Waals surface area contributed by atoms with Crippen molar-refractivity contribution >= 4 is 5.69 Å². The van der Waals surface area contributed by atoms with Crippen LogP contribution < -0.4 is 19.9 Å². The maximum Gasteiger partial charge on any atom is 0.149 e. The molecule has 0 aromatic heterocycles. The number of anilines is 1. The van der Waals surface area contributed by atoms with Gasteiger partial charge in [-0.05, 0) is 19.3 Å². The van der Waals surface area contributed by atoms with Gasteiger partial charge >= 0.3 is 0 Å². The van der Waals surface area contributed by atoms with Crippen LogP contribution >= 0.6 is 0 Å². The second-order valence-corrected chi connectivity index (χ2v) is 4.38. The molecule has 0 atom stereocenters. The molecule has 0 amide bonds. The van der Waals surface area contributed by atoms with Crippen LogP contribution in [0.5, 0.6) is 17.2 Å². The number of ether oxygens (including phenoxy) is 3. The standard InChI is InChI=1S/C15H25NO3/c1-4-7-17-12-10-13(18-8-5-2)15(16)14(11-12)19-9-6-3/h10-11H,4-9,16H2,1-3H3. The zero-order valence-electron chi connectivity index (χ0n) is 12.2. The summed E-state index contributed by atoms with van der Waals surface area (Å²) in [4.78, 5) is 0. The van der Waals surface area contributed by atoms with Crippen LogP contribution in [0.4, 0.5) is 5.69 Å². The Balaban J connectivity index is 2.92. The molecule has 0 aliphatic heterocycles. The van der Waals surface area contributed by atoms with Crippen LogP contribution in [0.25, 0.3) is 0 Å². The van der Waals surface area contributed by atoms with E-state index in [1.165, 1.54) is 0 Å². The minimum atomic E-state index is 0.547. The predicted molar refractivity (Wildman–Crippen MR) is 78.2 cm³/mol. The first-order valence-electron chi connectivity index (χ1n) is 7.04. The van der Waals surface area contributed by atoms with E-state index in [0.717, 1.165) is 25.0 Å². The lowest BCUT2D eigenvalue weighted by Gasteiger charge is -2.15. The quantitative estimate of drug-likeness (QED) is 0.694. The van der Waals surface area contributed by atoms with E-state index in [4.69, 9.17) is 19.9 Å². The number of hydrogen-bond acceptors (Lipinski definition) is 4. The molecule has 0 saturated carbocycles. The summed E-state index contributed by atoms with van der Waals surface area (Å²) in [6.45, 7) is 8.12. The Bertz CT molecular complexity index is 351. The topological polar surface area (TPSA) is 53.7 Å². The summed E-state index contributed by atoms with van der Waals surface area (Å²) in [6, 6.07) is 3.67. The molecule has 108 valence electrons. The number of benzene rings is 1. The minimum Gasteiger partial charge on any atom is -0.493 e. The Hall–Kier alpha value is -1.58. The fraction of sp³-hybridized carbons (Fsp3) is 0.600. The highest BCUT2D eigenvalue weighted by molar-refractivity contribution is 5.65. The van der Waals surface area contributed by atoms with Gasteiger partial charge in [0.15, 0.2) is 0 Å². The van der Waals surface area contributed by atoms with Crippen molar-refractivity contribution < 1.29 is 14.2 Å². The normalized spacial score (nSPS) is 10.3. The van der Waals surface area contributed by atoms with Crippen LogP contribution in [-0.2, 0) is 0 Å². The van der Waals surface area contributed by atoms with E-state index < -0.39 is 0 Å². The third-order valence-corrected chi connectivity index (χ3v) is 2.47. The molecule has 1 aromatic rings. The molecule has 0 fully saturated rings. The monoisotopic (exact) mass is 267 g/mol. The van der Waals surface area contributed by atoms with E-state index >= 15 is 0 Å². The van der Waals surface area contributed by atoms with Gasteiger partial charge in [0.2, 0.25) is 0 Å².